The van der Waals surface area contributed by atoms with Gasteiger partial charge in [-0.3, -0.25) is 0 Å². The van der Waals surface area contributed by atoms with Crippen LogP contribution in [0, 0.1) is 7.14 Å². The molecule has 0 saturated heterocycles. The van der Waals surface area contributed by atoms with E-state index in [-0.39, 0.29) is 57.6 Å². The van der Waals surface area contributed by atoms with E-state index in [0.717, 1.165) is 0 Å². The molecule has 0 amide bonds. The first-order valence-corrected chi connectivity index (χ1v) is 17.2. The number of phenols is 1. The van der Waals surface area contributed by atoms with Gasteiger partial charge in [-0.1, -0.05) is 0 Å². The molecule has 0 radical (unpaired) electrons. The van der Waals surface area contributed by atoms with E-state index in [0.29, 0.717) is 26.7 Å². The van der Waals surface area contributed by atoms with Gasteiger partial charge in [0, 0.05) is 0 Å². The van der Waals surface area contributed by atoms with Crippen LogP contribution in [0.15, 0.2) is 56.6 Å². The zero-order valence-corrected chi connectivity index (χ0v) is 28.5. The molecule has 2 aromatic rings. The molecule has 31 heavy (non-hydrogen) atoms. The normalized spacial score (nSPS) is 11.4. The van der Waals surface area contributed by atoms with E-state index in [2.05, 4.69) is 0 Å². The first-order chi connectivity index (χ1) is 14.1. The number of fused-ring (bicyclic) bond motifs is 2. The SMILES string of the molecule is O=c1cc2oc3[c]([Hg][OH])c(O)c(I)cc3c(-c3ccccc3S(=O)(=O)[O-])c-2cc1I.[Na+]. The van der Waals surface area contributed by atoms with E-state index in [1.807, 2.05) is 45.2 Å². The van der Waals surface area contributed by atoms with Crippen molar-refractivity contribution in [1.29, 1.82) is 0 Å². The number of phenolic OH excluding ortho intramolecular Hbond substituents is 1. The van der Waals surface area contributed by atoms with Gasteiger partial charge in [0.05, 0.1) is 0 Å². The summed E-state index contributed by atoms with van der Waals surface area (Å²) in [5.41, 5.74) is 0.907. The van der Waals surface area contributed by atoms with Crippen molar-refractivity contribution in [2.24, 2.45) is 0 Å². The second kappa shape index (κ2) is 9.82. The summed E-state index contributed by atoms with van der Waals surface area (Å²) in [6.45, 7) is 0. The Balaban J connectivity index is 0.00000272. The molecule has 1 heterocycles. The molecule has 4 rings (SSSR count). The fraction of sp³-hybridized carbons (Fsp3) is 0. The Morgan fingerprint density at radius 3 is 2.35 bits per heavy atom. The van der Waals surface area contributed by atoms with Crippen molar-refractivity contribution in [3.8, 4) is 28.2 Å². The third-order valence-electron chi connectivity index (χ3n) is 4.67. The summed E-state index contributed by atoms with van der Waals surface area (Å²) in [6, 6.07) is 10.3. The molecule has 12 heteroatoms. The Hall–Kier alpha value is 0.195. The fourth-order valence-electron chi connectivity index (χ4n) is 3.37. The summed E-state index contributed by atoms with van der Waals surface area (Å²) in [4.78, 5) is 11.8. The van der Waals surface area contributed by atoms with Crippen molar-refractivity contribution in [3.63, 3.8) is 0 Å². The largest absolute Gasteiger partial charge is 1.00 e. The zero-order valence-electron chi connectivity index (χ0n) is 15.8. The molecule has 2 aromatic carbocycles. The van der Waals surface area contributed by atoms with Crippen LogP contribution in [0.3, 0.4) is 0 Å². The molecule has 0 fully saturated rings. The summed E-state index contributed by atoms with van der Waals surface area (Å²) in [6.07, 6.45) is 0. The predicted octanol–water partition coefficient (Wildman–Crippen LogP) is 0.00280. The zero-order chi connectivity index (χ0) is 21.8. The number of benzene rings is 3. The van der Waals surface area contributed by atoms with Crippen LogP contribution in [0.1, 0.15) is 0 Å². The van der Waals surface area contributed by atoms with Gasteiger partial charge in [-0.05, 0) is 0 Å². The van der Waals surface area contributed by atoms with Gasteiger partial charge >= 0.3 is 242 Å². The molecule has 1 aliphatic carbocycles. The predicted molar refractivity (Wildman–Crippen MR) is 121 cm³/mol. The van der Waals surface area contributed by atoms with E-state index in [9.17, 15) is 25.9 Å². The molecule has 2 N–H and O–H groups in total. The van der Waals surface area contributed by atoms with Gasteiger partial charge in [-0.15, -0.1) is 0 Å². The van der Waals surface area contributed by atoms with Crippen molar-refractivity contribution in [2.45, 2.75) is 4.90 Å². The van der Waals surface area contributed by atoms with Crippen LogP contribution in [0.5, 0.6) is 5.75 Å². The van der Waals surface area contributed by atoms with Gasteiger partial charge in [0.1, 0.15) is 0 Å². The van der Waals surface area contributed by atoms with Crippen LogP contribution in [0.2, 0.25) is 0 Å². The van der Waals surface area contributed by atoms with Crippen molar-refractivity contribution in [1.82, 2.24) is 0 Å². The van der Waals surface area contributed by atoms with Crippen LogP contribution in [0.4, 0.5) is 0 Å². The van der Waals surface area contributed by atoms with Crippen molar-refractivity contribution < 1.29 is 80.1 Å². The van der Waals surface area contributed by atoms with Crippen LogP contribution in [-0.2, 0) is 35.1 Å². The molecule has 0 spiro atoms. The van der Waals surface area contributed by atoms with Gasteiger partial charge in [0.25, 0.3) is 0 Å². The number of halogens is 2. The van der Waals surface area contributed by atoms with Crippen LogP contribution in [0.25, 0.3) is 33.4 Å². The topological polar surface area (TPSA) is 128 Å². The summed E-state index contributed by atoms with van der Waals surface area (Å²) < 4.78 is 53.0. The minimum atomic E-state index is -4.80. The third-order valence-corrected chi connectivity index (χ3v) is 11.0. The van der Waals surface area contributed by atoms with Crippen LogP contribution < -0.4 is 38.1 Å². The molecular formula is C19H9HgI2NaO7S. The molecule has 0 bridgehead atoms. The Labute approximate surface area is 239 Å². The second-order valence-corrected chi connectivity index (χ2v) is 14.1. The molecule has 0 aromatic heterocycles. The molecular weight excluding hydrogens is 850 g/mol. The quantitative estimate of drug-likeness (QED) is 0.129. The summed E-state index contributed by atoms with van der Waals surface area (Å²) in [5, 5.41) is 10.9. The molecule has 0 atom stereocenters. The van der Waals surface area contributed by atoms with Gasteiger partial charge in [-0.2, -0.15) is 0 Å². The Bertz CT molecular complexity index is 1470. The van der Waals surface area contributed by atoms with Gasteiger partial charge in [0.2, 0.25) is 0 Å². The standard InChI is InChI=1S/C19H9I2O6S.Hg.Na.H2O/c20-12-5-10-16(7-14(12)22)27-17-8-15(23)13(21)6-11(17)19(10)9-3-1-2-4-18(9)28(24,25)26;;;/h1-7,23H,(H,24,25,26);;;1H2/q;2*+1;/p-2. The van der Waals surface area contributed by atoms with E-state index >= 15 is 0 Å². The number of rotatable bonds is 3. The summed E-state index contributed by atoms with van der Waals surface area (Å²) in [7, 11) is -4.80. The summed E-state index contributed by atoms with van der Waals surface area (Å²) >= 11 is 1.08. The maximum atomic E-state index is 12.2. The molecule has 1 aliphatic heterocycles. The molecule has 7 nitrogen and oxygen atoms in total. The molecule has 150 valence electrons. The van der Waals surface area contributed by atoms with Crippen molar-refractivity contribution in [3.05, 3.63) is 59.8 Å². The first kappa shape index (κ1) is 25.8. The molecule has 2 aliphatic rings. The van der Waals surface area contributed by atoms with E-state index < -0.39 is 40.0 Å². The average molecular weight is 859 g/mol. The van der Waals surface area contributed by atoms with Crippen LogP contribution >= 0.6 is 45.2 Å². The Kier molecular flexibility index (Phi) is 8.18. The fourth-order valence-corrected chi connectivity index (χ4v) is 9.46. The van der Waals surface area contributed by atoms with Gasteiger partial charge < -0.3 is 0 Å². The van der Waals surface area contributed by atoms with E-state index in [1.165, 1.54) is 24.3 Å². The first-order valence-electron chi connectivity index (χ1n) is 8.40. The third kappa shape index (κ3) is 4.74. The monoisotopic (exact) mass is 860 g/mol. The second-order valence-electron chi connectivity index (χ2n) is 6.43. The molecule has 0 saturated carbocycles. The van der Waals surface area contributed by atoms with E-state index in [4.69, 9.17) is 4.42 Å². The maximum Gasteiger partial charge on any atom is 1.00 e. The number of hydrogen-bond acceptors (Lipinski definition) is 7. The van der Waals surface area contributed by atoms with E-state index in [1.54, 1.807) is 18.2 Å². The van der Waals surface area contributed by atoms with Gasteiger partial charge in [-0.25, -0.2) is 0 Å². The Morgan fingerprint density at radius 1 is 1.03 bits per heavy atom. The number of hydrogen-bond donors (Lipinski definition) is 2. The summed E-state index contributed by atoms with van der Waals surface area (Å²) in [5.74, 6) is 0.0867. The average Bonchev–Trinajstić information content (AvgIpc) is 2.68. The minimum absolute atomic E-state index is 0. The van der Waals surface area contributed by atoms with Crippen molar-refractivity contribution in [2.75, 3.05) is 0 Å². The number of aromatic hydroxyl groups is 1. The van der Waals surface area contributed by atoms with Crippen LogP contribution in [-0.4, -0.2) is 21.1 Å². The maximum absolute atomic E-state index is 12.2. The van der Waals surface area contributed by atoms with Crippen molar-refractivity contribution >= 4 is 69.3 Å². The molecule has 0 unspecified atom stereocenters. The smallest absolute Gasteiger partial charge is 1.00 e. The Morgan fingerprint density at radius 2 is 1.71 bits per heavy atom. The minimum Gasteiger partial charge on any atom is 1.00 e. The van der Waals surface area contributed by atoms with Gasteiger partial charge in [0.15, 0.2) is 0 Å².